The van der Waals surface area contributed by atoms with Crippen molar-refractivity contribution in [2.75, 3.05) is 50.2 Å². The van der Waals surface area contributed by atoms with E-state index in [9.17, 15) is 4.79 Å². The smallest absolute Gasteiger partial charge is 0.232 e. The molecule has 0 aliphatic carbocycles. The van der Waals surface area contributed by atoms with Crippen molar-refractivity contribution in [3.8, 4) is 5.88 Å². The lowest BCUT2D eigenvalue weighted by molar-refractivity contribution is -0.137. The molecule has 1 N–H and O–H groups in total. The predicted octanol–water partition coefficient (Wildman–Crippen LogP) is 2.54. The first-order valence-corrected chi connectivity index (χ1v) is 11.9. The summed E-state index contributed by atoms with van der Waals surface area (Å²) in [5.41, 5.74) is 3.09. The SMILES string of the molecule is COc1ncc(N2CCc3ncnc(N[C@H]4CCN(C(=O)C5CCOCC5)C4)c3C2)cc1Cl. The number of nitrogens with zero attached hydrogens (tertiary/aromatic N) is 5. The molecule has 1 amide bonds. The molecule has 0 spiro atoms. The fourth-order valence-corrected chi connectivity index (χ4v) is 5.14. The number of halogens is 1. The van der Waals surface area contributed by atoms with Gasteiger partial charge in [0.25, 0.3) is 0 Å². The molecule has 5 heterocycles. The first kappa shape index (κ1) is 22.2. The minimum atomic E-state index is 0.0998. The molecule has 1 atom stereocenters. The fraction of sp³-hybridized carbons (Fsp3) is 0.565. The standard InChI is InChI=1S/C23H29ClN6O3/c1-32-22-19(24)10-17(11-25-22)29-7-3-20-18(13-29)21(27-14-26-20)28-16-2-6-30(12-16)23(31)15-4-8-33-9-5-15/h10-11,14-16H,2-9,12-13H2,1H3,(H,26,27,28)/t16-/m0/s1. The van der Waals surface area contributed by atoms with Crippen LogP contribution >= 0.6 is 11.6 Å². The molecule has 0 radical (unpaired) electrons. The highest BCUT2D eigenvalue weighted by Gasteiger charge is 2.32. The molecular weight excluding hydrogens is 444 g/mol. The molecule has 5 rings (SSSR count). The molecular formula is C23H29ClN6O3. The van der Waals surface area contributed by atoms with Gasteiger partial charge in [0.1, 0.15) is 17.2 Å². The molecule has 2 saturated heterocycles. The number of likely N-dealkylation sites (tertiary alicyclic amines) is 1. The first-order valence-electron chi connectivity index (χ1n) is 11.5. The number of ether oxygens (including phenoxy) is 2. The van der Waals surface area contributed by atoms with E-state index in [0.717, 1.165) is 61.5 Å². The normalized spacial score (nSPS) is 21.1. The second kappa shape index (κ2) is 9.69. The number of rotatable bonds is 5. The van der Waals surface area contributed by atoms with Crippen LogP contribution in [0.3, 0.4) is 0 Å². The van der Waals surface area contributed by atoms with Gasteiger partial charge in [0, 0.05) is 63.3 Å². The van der Waals surface area contributed by atoms with Gasteiger partial charge in [0.15, 0.2) is 0 Å². The van der Waals surface area contributed by atoms with E-state index in [2.05, 4.69) is 25.2 Å². The van der Waals surface area contributed by atoms with E-state index in [1.165, 1.54) is 0 Å². The molecule has 0 unspecified atom stereocenters. The lowest BCUT2D eigenvalue weighted by Crippen LogP contribution is -2.38. The minimum absolute atomic E-state index is 0.0998. The van der Waals surface area contributed by atoms with Gasteiger partial charge in [-0.1, -0.05) is 11.6 Å². The van der Waals surface area contributed by atoms with Crippen molar-refractivity contribution in [3.05, 3.63) is 34.9 Å². The van der Waals surface area contributed by atoms with Crippen molar-refractivity contribution in [1.29, 1.82) is 0 Å². The number of nitrogens with one attached hydrogen (secondary N) is 1. The third kappa shape index (κ3) is 4.70. The van der Waals surface area contributed by atoms with Crippen LogP contribution in [0.2, 0.25) is 5.02 Å². The van der Waals surface area contributed by atoms with Crippen LogP contribution in [0.15, 0.2) is 18.6 Å². The van der Waals surface area contributed by atoms with Gasteiger partial charge in [0.05, 0.1) is 24.7 Å². The van der Waals surface area contributed by atoms with Crippen molar-refractivity contribution < 1.29 is 14.3 Å². The number of anilines is 2. The zero-order valence-electron chi connectivity index (χ0n) is 18.8. The van der Waals surface area contributed by atoms with Crippen LogP contribution in [0.4, 0.5) is 11.5 Å². The molecule has 33 heavy (non-hydrogen) atoms. The minimum Gasteiger partial charge on any atom is -0.480 e. The highest BCUT2D eigenvalue weighted by molar-refractivity contribution is 6.32. The maximum atomic E-state index is 12.9. The molecule has 10 heteroatoms. The molecule has 2 aromatic heterocycles. The van der Waals surface area contributed by atoms with Gasteiger partial charge < -0.3 is 24.6 Å². The average molecular weight is 473 g/mol. The van der Waals surface area contributed by atoms with Crippen molar-refractivity contribution in [3.63, 3.8) is 0 Å². The van der Waals surface area contributed by atoms with Crippen LogP contribution < -0.4 is 15.0 Å². The number of hydrogen-bond donors (Lipinski definition) is 1. The second-order valence-electron chi connectivity index (χ2n) is 8.80. The monoisotopic (exact) mass is 472 g/mol. The zero-order chi connectivity index (χ0) is 22.8. The summed E-state index contributed by atoms with van der Waals surface area (Å²) in [6.45, 7) is 4.35. The van der Waals surface area contributed by atoms with E-state index in [1.54, 1.807) is 19.6 Å². The third-order valence-electron chi connectivity index (χ3n) is 6.76. The Labute approximate surface area is 198 Å². The van der Waals surface area contributed by atoms with Crippen LogP contribution in [-0.2, 0) is 22.5 Å². The van der Waals surface area contributed by atoms with Crippen LogP contribution in [0.1, 0.15) is 30.5 Å². The summed E-state index contributed by atoms with van der Waals surface area (Å²) in [4.78, 5) is 30.5. The van der Waals surface area contributed by atoms with E-state index < -0.39 is 0 Å². The highest BCUT2D eigenvalue weighted by Crippen LogP contribution is 2.31. The predicted molar refractivity (Wildman–Crippen MR) is 125 cm³/mol. The largest absolute Gasteiger partial charge is 0.480 e. The van der Waals surface area contributed by atoms with Crippen LogP contribution in [0.5, 0.6) is 5.88 Å². The van der Waals surface area contributed by atoms with Gasteiger partial charge in [0.2, 0.25) is 11.8 Å². The Morgan fingerprint density at radius 2 is 2.06 bits per heavy atom. The zero-order valence-corrected chi connectivity index (χ0v) is 19.6. The third-order valence-corrected chi connectivity index (χ3v) is 7.04. The second-order valence-corrected chi connectivity index (χ2v) is 9.21. The lowest BCUT2D eigenvalue weighted by atomic mass is 9.99. The summed E-state index contributed by atoms with van der Waals surface area (Å²) in [6.07, 6.45) is 6.79. The fourth-order valence-electron chi connectivity index (χ4n) is 4.90. The van der Waals surface area contributed by atoms with E-state index >= 15 is 0 Å². The summed E-state index contributed by atoms with van der Waals surface area (Å²) >= 11 is 6.30. The Balaban J connectivity index is 1.27. The van der Waals surface area contributed by atoms with Gasteiger partial charge in [-0.05, 0) is 25.3 Å². The molecule has 9 nitrogen and oxygen atoms in total. The number of fused-ring (bicyclic) bond motifs is 1. The molecule has 0 saturated carbocycles. The van der Waals surface area contributed by atoms with Crippen molar-refractivity contribution in [1.82, 2.24) is 19.9 Å². The Bertz CT molecular complexity index is 1020. The number of aromatic nitrogens is 3. The topological polar surface area (TPSA) is 92.7 Å². The summed E-state index contributed by atoms with van der Waals surface area (Å²) in [7, 11) is 1.56. The maximum Gasteiger partial charge on any atom is 0.232 e. The summed E-state index contributed by atoms with van der Waals surface area (Å²) < 4.78 is 10.6. The number of hydrogen-bond acceptors (Lipinski definition) is 8. The van der Waals surface area contributed by atoms with Crippen molar-refractivity contribution in [2.45, 2.75) is 38.3 Å². The molecule has 176 valence electrons. The molecule has 3 aliphatic heterocycles. The number of methoxy groups -OCH3 is 1. The Morgan fingerprint density at radius 1 is 1.21 bits per heavy atom. The number of carbonyl (C=O) groups is 1. The Kier molecular flexibility index (Phi) is 6.50. The quantitative estimate of drug-likeness (QED) is 0.709. The Hall–Kier alpha value is -2.65. The molecule has 0 bridgehead atoms. The van der Waals surface area contributed by atoms with E-state index in [4.69, 9.17) is 21.1 Å². The average Bonchev–Trinajstić information content (AvgIpc) is 3.32. The summed E-state index contributed by atoms with van der Waals surface area (Å²) in [5.74, 6) is 1.64. The van der Waals surface area contributed by atoms with Crippen LogP contribution in [-0.4, -0.2) is 71.8 Å². The summed E-state index contributed by atoms with van der Waals surface area (Å²) in [6, 6.07) is 2.06. The van der Waals surface area contributed by atoms with Gasteiger partial charge in [-0.3, -0.25) is 4.79 Å². The van der Waals surface area contributed by atoms with E-state index in [1.807, 2.05) is 11.0 Å². The molecule has 0 aromatic carbocycles. The summed E-state index contributed by atoms with van der Waals surface area (Å²) in [5, 5.41) is 4.09. The molecule has 2 fully saturated rings. The van der Waals surface area contributed by atoms with Gasteiger partial charge in [-0.2, -0.15) is 0 Å². The lowest BCUT2D eigenvalue weighted by Gasteiger charge is -2.31. The van der Waals surface area contributed by atoms with Crippen LogP contribution in [0, 0.1) is 5.92 Å². The highest BCUT2D eigenvalue weighted by atomic mass is 35.5. The van der Waals surface area contributed by atoms with Crippen LogP contribution in [0.25, 0.3) is 0 Å². The van der Waals surface area contributed by atoms with Gasteiger partial charge in [-0.15, -0.1) is 0 Å². The van der Waals surface area contributed by atoms with E-state index in [0.29, 0.717) is 37.2 Å². The molecule has 3 aliphatic rings. The van der Waals surface area contributed by atoms with Gasteiger partial charge in [-0.25, -0.2) is 15.0 Å². The number of pyridine rings is 1. The maximum absolute atomic E-state index is 12.9. The van der Waals surface area contributed by atoms with Gasteiger partial charge >= 0.3 is 0 Å². The Morgan fingerprint density at radius 3 is 2.85 bits per heavy atom. The van der Waals surface area contributed by atoms with Crippen molar-refractivity contribution in [2.24, 2.45) is 5.92 Å². The molecule has 2 aromatic rings. The van der Waals surface area contributed by atoms with Crippen molar-refractivity contribution >= 4 is 29.0 Å². The number of amides is 1. The first-order chi connectivity index (χ1) is 16.1. The van der Waals surface area contributed by atoms with E-state index in [-0.39, 0.29) is 17.9 Å². The number of carbonyl (C=O) groups excluding carboxylic acids is 1.